The monoisotopic (exact) mass is 196 g/mol. The van der Waals surface area contributed by atoms with Gasteiger partial charge >= 0.3 is 0 Å². The van der Waals surface area contributed by atoms with Gasteiger partial charge in [-0.2, -0.15) is 0 Å². The highest BCUT2D eigenvalue weighted by atomic mass is 16.3. The van der Waals surface area contributed by atoms with E-state index in [-0.39, 0.29) is 0 Å². The summed E-state index contributed by atoms with van der Waals surface area (Å²) in [6.45, 7) is 2.87. The molecule has 1 heteroatoms. The summed E-state index contributed by atoms with van der Waals surface area (Å²) in [5.74, 6) is 0. The van der Waals surface area contributed by atoms with Gasteiger partial charge in [-0.15, -0.1) is 0 Å². The highest BCUT2D eigenvalue weighted by Gasteiger charge is 2.41. The Morgan fingerprint density at radius 2 is 1.43 bits per heavy atom. The molecule has 2 fully saturated rings. The molecule has 2 rings (SSSR count). The molecule has 0 aromatic carbocycles. The Morgan fingerprint density at radius 1 is 0.929 bits per heavy atom. The highest BCUT2D eigenvalue weighted by Crippen LogP contribution is 2.51. The molecule has 2 aliphatic carbocycles. The average molecular weight is 196 g/mol. The molecule has 0 unspecified atom stereocenters. The van der Waals surface area contributed by atoms with Crippen molar-refractivity contribution in [3.8, 4) is 0 Å². The SMILES string of the molecule is CC1(CC2(CO)CCCC2)CCCC1. The number of hydrogen-bond acceptors (Lipinski definition) is 1. The van der Waals surface area contributed by atoms with Gasteiger partial charge < -0.3 is 5.11 Å². The van der Waals surface area contributed by atoms with Crippen LogP contribution in [0, 0.1) is 10.8 Å². The van der Waals surface area contributed by atoms with Crippen LogP contribution in [0.15, 0.2) is 0 Å². The van der Waals surface area contributed by atoms with Gasteiger partial charge in [-0.05, 0) is 42.9 Å². The van der Waals surface area contributed by atoms with Crippen molar-refractivity contribution in [2.75, 3.05) is 6.61 Å². The van der Waals surface area contributed by atoms with Crippen LogP contribution in [0.2, 0.25) is 0 Å². The second-order valence-electron chi connectivity index (χ2n) is 6.06. The molecule has 0 bridgehead atoms. The van der Waals surface area contributed by atoms with Crippen LogP contribution in [0.1, 0.15) is 64.7 Å². The number of hydrogen-bond donors (Lipinski definition) is 1. The zero-order chi connectivity index (χ0) is 10.1. The van der Waals surface area contributed by atoms with E-state index in [1.54, 1.807) is 0 Å². The van der Waals surface area contributed by atoms with E-state index >= 15 is 0 Å². The molecule has 0 amide bonds. The molecule has 2 aliphatic rings. The maximum atomic E-state index is 9.59. The lowest BCUT2D eigenvalue weighted by Crippen LogP contribution is -2.29. The first-order valence-corrected chi connectivity index (χ1v) is 6.29. The molecule has 1 nitrogen and oxygen atoms in total. The van der Waals surface area contributed by atoms with E-state index in [4.69, 9.17) is 0 Å². The first kappa shape index (κ1) is 10.5. The summed E-state index contributed by atoms with van der Waals surface area (Å²) in [6, 6.07) is 0. The molecule has 1 N–H and O–H groups in total. The fraction of sp³-hybridized carbons (Fsp3) is 1.00. The maximum absolute atomic E-state index is 9.59. The Kier molecular flexibility index (Phi) is 2.88. The van der Waals surface area contributed by atoms with Crippen LogP contribution in [0.25, 0.3) is 0 Å². The second-order valence-corrected chi connectivity index (χ2v) is 6.06. The minimum Gasteiger partial charge on any atom is -0.396 e. The zero-order valence-corrected chi connectivity index (χ0v) is 9.52. The Morgan fingerprint density at radius 3 is 1.93 bits per heavy atom. The molecule has 14 heavy (non-hydrogen) atoms. The van der Waals surface area contributed by atoms with Crippen LogP contribution >= 0.6 is 0 Å². The highest BCUT2D eigenvalue weighted by molar-refractivity contribution is 4.92. The van der Waals surface area contributed by atoms with Crippen molar-refractivity contribution in [3.05, 3.63) is 0 Å². The smallest absolute Gasteiger partial charge is 0.0487 e. The van der Waals surface area contributed by atoms with Crippen LogP contribution in [0.5, 0.6) is 0 Å². The number of rotatable bonds is 3. The minimum atomic E-state index is 0.319. The van der Waals surface area contributed by atoms with E-state index in [1.807, 2.05) is 0 Å². The molecule has 0 heterocycles. The molecule has 0 saturated heterocycles. The van der Waals surface area contributed by atoms with Gasteiger partial charge in [0.1, 0.15) is 0 Å². The van der Waals surface area contributed by atoms with E-state index in [1.165, 1.54) is 57.8 Å². The summed E-state index contributed by atoms with van der Waals surface area (Å²) in [7, 11) is 0. The van der Waals surface area contributed by atoms with E-state index in [9.17, 15) is 5.11 Å². The summed E-state index contributed by atoms with van der Waals surface area (Å²) in [6.07, 6.45) is 12.2. The Labute approximate surface area is 87.9 Å². The standard InChI is InChI=1S/C13H24O/c1-12(6-2-3-7-12)10-13(11-14)8-4-5-9-13/h14H,2-11H2,1H3. The first-order valence-electron chi connectivity index (χ1n) is 6.29. The quantitative estimate of drug-likeness (QED) is 0.732. The van der Waals surface area contributed by atoms with Crippen LogP contribution in [0.4, 0.5) is 0 Å². The number of aliphatic hydroxyl groups is 1. The predicted molar refractivity (Wildman–Crippen MR) is 59.2 cm³/mol. The summed E-state index contributed by atoms with van der Waals surface area (Å²) < 4.78 is 0. The van der Waals surface area contributed by atoms with Gasteiger partial charge in [-0.1, -0.05) is 32.6 Å². The molecular weight excluding hydrogens is 172 g/mol. The molecule has 82 valence electrons. The van der Waals surface area contributed by atoms with Crippen molar-refractivity contribution in [3.63, 3.8) is 0 Å². The largest absolute Gasteiger partial charge is 0.396 e. The van der Waals surface area contributed by atoms with E-state index in [0.29, 0.717) is 17.4 Å². The first-order chi connectivity index (χ1) is 6.68. The molecule has 0 aromatic heterocycles. The van der Waals surface area contributed by atoms with E-state index < -0.39 is 0 Å². The van der Waals surface area contributed by atoms with Crippen molar-refractivity contribution in [2.45, 2.75) is 64.7 Å². The van der Waals surface area contributed by atoms with Crippen molar-refractivity contribution < 1.29 is 5.11 Å². The van der Waals surface area contributed by atoms with Gasteiger partial charge in [0, 0.05) is 6.61 Å². The van der Waals surface area contributed by atoms with Gasteiger partial charge in [-0.25, -0.2) is 0 Å². The fourth-order valence-corrected chi connectivity index (χ4v) is 3.83. The van der Waals surface area contributed by atoms with Gasteiger partial charge in [0.05, 0.1) is 0 Å². The molecular formula is C13H24O. The maximum Gasteiger partial charge on any atom is 0.0487 e. The van der Waals surface area contributed by atoms with Crippen LogP contribution in [-0.4, -0.2) is 11.7 Å². The molecule has 0 aromatic rings. The lowest BCUT2D eigenvalue weighted by atomic mass is 9.70. The third kappa shape index (κ3) is 1.98. The summed E-state index contributed by atoms with van der Waals surface area (Å²) in [5.41, 5.74) is 0.881. The van der Waals surface area contributed by atoms with Crippen LogP contribution < -0.4 is 0 Å². The third-order valence-corrected chi connectivity index (χ3v) is 4.61. The Balaban J connectivity index is 1.99. The third-order valence-electron chi connectivity index (χ3n) is 4.61. The fourth-order valence-electron chi connectivity index (χ4n) is 3.83. The molecule has 0 spiro atoms. The van der Waals surface area contributed by atoms with Crippen molar-refractivity contribution in [1.82, 2.24) is 0 Å². The minimum absolute atomic E-state index is 0.319. The summed E-state index contributed by atoms with van der Waals surface area (Å²) >= 11 is 0. The lowest BCUT2D eigenvalue weighted by molar-refractivity contribution is 0.0717. The predicted octanol–water partition coefficient (Wildman–Crippen LogP) is 3.51. The number of aliphatic hydroxyl groups excluding tert-OH is 1. The molecule has 0 atom stereocenters. The average Bonchev–Trinajstić information content (AvgIpc) is 2.76. The normalized spacial score (nSPS) is 29.6. The second kappa shape index (κ2) is 3.84. The summed E-state index contributed by atoms with van der Waals surface area (Å²) in [4.78, 5) is 0. The van der Waals surface area contributed by atoms with E-state index in [0.717, 1.165) is 0 Å². The van der Waals surface area contributed by atoms with Gasteiger partial charge in [0.25, 0.3) is 0 Å². The van der Waals surface area contributed by atoms with Crippen LogP contribution in [-0.2, 0) is 0 Å². The Bertz CT molecular complexity index is 185. The van der Waals surface area contributed by atoms with E-state index in [2.05, 4.69) is 6.92 Å². The van der Waals surface area contributed by atoms with Gasteiger partial charge in [0.15, 0.2) is 0 Å². The lowest BCUT2D eigenvalue weighted by Gasteiger charge is -2.36. The Hall–Kier alpha value is -0.0400. The van der Waals surface area contributed by atoms with Crippen molar-refractivity contribution in [2.24, 2.45) is 10.8 Å². The molecule has 0 radical (unpaired) electrons. The molecule has 2 saturated carbocycles. The van der Waals surface area contributed by atoms with Crippen molar-refractivity contribution >= 4 is 0 Å². The van der Waals surface area contributed by atoms with Crippen molar-refractivity contribution in [1.29, 1.82) is 0 Å². The van der Waals surface area contributed by atoms with Gasteiger partial charge in [-0.3, -0.25) is 0 Å². The van der Waals surface area contributed by atoms with Crippen LogP contribution in [0.3, 0.4) is 0 Å². The topological polar surface area (TPSA) is 20.2 Å². The zero-order valence-electron chi connectivity index (χ0n) is 9.52. The summed E-state index contributed by atoms with van der Waals surface area (Å²) in [5, 5.41) is 9.59. The molecule has 0 aliphatic heterocycles. The van der Waals surface area contributed by atoms with Gasteiger partial charge in [0.2, 0.25) is 0 Å².